The first-order valence-corrected chi connectivity index (χ1v) is 13.3. The van der Waals surface area contributed by atoms with Crippen LogP contribution in [0.25, 0.3) is 5.76 Å². The average Bonchev–Trinajstić information content (AvgIpc) is 2.84. The largest absolute Gasteiger partial charge is 0.508 e. The van der Waals surface area contributed by atoms with Gasteiger partial charge in [-0.25, -0.2) is 0 Å². The van der Waals surface area contributed by atoms with Crippen LogP contribution in [0.2, 0.25) is 0 Å². The number of ether oxygens (including phenoxy) is 1. The lowest BCUT2D eigenvalue weighted by Gasteiger charge is -2.51. The summed E-state index contributed by atoms with van der Waals surface area (Å²) in [4.78, 5) is 62.6. The lowest BCUT2D eigenvalue weighted by molar-refractivity contribution is -0.180. The predicted octanol–water partition coefficient (Wildman–Crippen LogP) is 1.10. The third-order valence-corrected chi connectivity index (χ3v) is 8.64. The van der Waals surface area contributed by atoms with Gasteiger partial charge in [0.15, 0.2) is 11.4 Å². The molecule has 1 amide bonds. The standard InChI is InChI=1S/C26H27NO11S/c1-2-6-39-9-11-10-4-3-5-13(28)17(10)21(33)20-18(11)22(38-16(32)8-15(30)31)12-7-14(29)19(25(27)36)23(34)26(12,37)24(20)35/h3-5,11-12,18,22,28,33-34,37H,2,6-9H2,1H3,(H2,27,36)(H,30,31)/t11-,12+,18+,22+,26+/m0/s1. The van der Waals surface area contributed by atoms with Gasteiger partial charge in [0.1, 0.15) is 35.4 Å². The van der Waals surface area contributed by atoms with Crippen LogP contribution in [-0.2, 0) is 28.7 Å². The molecular weight excluding hydrogens is 534 g/mol. The first kappa shape index (κ1) is 28.2. The third-order valence-electron chi connectivity index (χ3n) is 7.35. The molecule has 12 nitrogen and oxygen atoms in total. The van der Waals surface area contributed by atoms with Crippen LogP contribution < -0.4 is 5.73 Å². The number of carboxylic acid groups (broad SMARTS) is 1. The Balaban J connectivity index is 2.01. The smallest absolute Gasteiger partial charge is 0.317 e. The molecule has 1 aromatic rings. The molecule has 0 aromatic heterocycles. The highest BCUT2D eigenvalue weighted by Crippen LogP contribution is 2.57. The van der Waals surface area contributed by atoms with Gasteiger partial charge in [-0.2, -0.15) is 11.8 Å². The summed E-state index contributed by atoms with van der Waals surface area (Å²) in [6, 6.07) is 4.41. The van der Waals surface area contributed by atoms with Crippen molar-refractivity contribution < 1.29 is 54.2 Å². The predicted molar refractivity (Wildman–Crippen MR) is 136 cm³/mol. The Morgan fingerprint density at radius 1 is 1.18 bits per heavy atom. The second kappa shape index (κ2) is 10.4. The molecule has 0 aliphatic heterocycles. The van der Waals surface area contributed by atoms with Crippen LogP contribution in [0.5, 0.6) is 5.75 Å². The number of carboxylic acids is 1. The van der Waals surface area contributed by atoms with E-state index < -0.39 is 94.4 Å². The molecule has 0 heterocycles. The maximum atomic E-state index is 14.0. The van der Waals surface area contributed by atoms with Crippen molar-refractivity contribution >= 4 is 46.9 Å². The first-order valence-electron chi connectivity index (χ1n) is 12.1. The summed E-state index contributed by atoms with van der Waals surface area (Å²) in [7, 11) is 0. The fourth-order valence-corrected chi connectivity index (χ4v) is 6.87. The molecule has 7 N–H and O–H groups in total. The Morgan fingerprint density at radius 3 is 2.49 bits per heavy atom. The van der Waals surface area contributed by atoms with E-state index in [1.54, 1.807) is 6.07 Å². The minimum Gasteiger partial charge on any atom is -0.508 e. The number of thioether (sulfide) groups is 1. The fourth-order valence-electron chi connectivity index (χ4n) is 5.77. The number of rotatable bonds is 8. The minimum atomic E-state index is -3.02. The summed E-state index contributed by atoms with van der Waals surface area (Å²) >= 11 is 1.47. The third kappa shape index (κ3) is 4.44. The number of aliphatic hydroxyl groups excluding tert-OH is 2. The molecular formula is C26H27NO11S. The number of ketones is 2. The molecule has 5 atom stereocenters. The van der Waals surface area contributed by atoms with Crippen LogP contribution in [0, 0.1) is 11.8 Å². The lowest BCUT2D eigenvalue weighted by atomic mass is 9.55. The van der Waals surface area contributed by atoms with Gasteiger partial charge in [0.2, 0.25) is 5.78 Å². The zero-order valence-corrected chi connectivity index (χ0v) is 21.6. The van der Waals surface area contributed by atoms with Gasteiger partial charge in [-0.15, -0.1) is 0 Å². The molecule has 39 heavy (non-hydrogen) atoms. The van der Waals surface area contributed by atoms with E-state index in [0.717, 1.165) is 6.42 Å². The number of amides is 1. The summed E-state index contributed by atoms with van der Waals surface area (Å²) in [6.07, 6.45) is -2.63. The number of fused-ring (bicyclic) bond motifs is 3. The van der Waals surface area contributed by atoms with Crippen molar-refractivity contribution in [2.75, 3.05) is 11.5 Å². The Hall–Kier alpha value is -3.84. The van der Waals surface area contributed by atoms with E-state index in [4.69, 9.17) is 15.6 Å². The number of phenols is 1. The number of hydrogen-bond donors (Lipinski definition) is 6. The van der Waals surface area contributed by atoms with Gasteiger partial charge < -0.3 is 36.0 Å². The fraction of sp³-hybridized carbons (Fsp3) is 0.423. The van der Waals surface area contributed by atoms with Crippen LogP contribution in [0.3, 0.4) is 0 Å². The summed E-state index contributed by atoms with van der Waals surface area (Å²) in [6.45, 7) is 1.95. The first-order chi connectivity index (χ1) is 18.4. The Kier molecular flexibility index (Phi) is 7.50. The van der Waals surface area contributed by atoms with Gasteiger partial charge in [-0.05, 0) is 23.8 Å². The summed E-state index contributed by atoms with van der Waals surface area (Å²) in [5.74, 6) is -11.5. The van der Waals surface area contributed by atoms with Gasteiger partial charge in [0.05, 0.1) is 5.56 Å². The van der Waals surface area contributed by atoms with Crippen molar-refractivity contribution in [1.82, 2.24) is 0 Å². The van der Waals surface area contributed by atoms with E-state index in [2.05, 4.69) is 0 Å². The number of hydrogen-bond acceptors (Lipinski definition) is 11. The number of carbonyl (C=O) groups excluding carboxylic acids is 4. The molecule has 0 spiro atoms. The maximum absolute atomic E-state index is 14.0. The maximum Gasteiger partial charge on any atom is 0.317 e. The lowest BCUT2D eigenvalue weighted by Crippen LogP contribution is -2.65. The highest BCUT2D eigenvalue weighted by molar-refractivity contribution is 7.99. The number of primary amides is 1. The molecule has 1 saturated carbocycles. The number of phenolic OH excluding ortho intramolecular Hbond substituents is 1. The Labute approximate surface area is 226 Å². The van der Waals surface area contributed by atoms with Crippen molar-refractivity contribution in [2.45, 2.75) is 43.8 Å². The van der Waals surface area contributed by atoms with Crippen molar-refractivity contribution in [3.8, 4) is 5.75 Å². The van der Waals surface area contributed by atoms with Crippen LogP contribution in [0.1, 0.15) is 43.2 Å². The molecule has 4 rings (SSSR count). The minimum absolute atomic E-state index is 0.0951. The molecule has 3 aliphatic rings. The van der Waals surface area contributed by atoms with E-state index in [9.17, 15) is 44.4 Å². The molecule has 0 radical (unpaired) electrons. The second-order valence-electron chi connectivity index (χ2n) is 9.65. The Bertz CT molecular complexity index is 1350. The van der Waals surface area contributed by atoms with E-state index in [0.29, 0.717) is 17.1 Å². The van der Waals surface area contributed by atoms with Gasteiger partial charge in [0, 0.05) is 35.5 Å². The van der Waals surface area contributed by atoms with Crippen LogP contribution in [0.15, 0.2) is 35.1 Å². The highest BCUT2D eigenvalue weighted by atomic mass is 32.2. The SMILES string of the molecule is CCCSC[C@H]1c2cccc(O)c2C(O)=C2C(=O)[C@]3(O)C(O)=C(C(N)=O)C(=O)C[C@@H]3[C@@H](OC(=O)CC(=O)O)[C@@H]21. The van der Waals surface area contributed by atoms with E-state index in [1.807, 2.05) is 6.92 Å². The van der Waals surface area contributed by atoms with E-state index >= 15 is 0 Å². The van der Waals surface area contributed by atoms with Gasteiger partial charge in [-0.1, -0.05) is 19.1 Å². The molecule has 208 valence electrons. The van der Waals surface area contributed by atoms with Crippen LogP contribution >= 0.6 is 11.8 Å². The summed E-state index contributed by atoms with van der Waals surface area (Å²) in [5.41, 5.74) is 1.01. The summed E-state index contributed by atoms with van der Waals surface area (Å²) < 4.78 is 5.53. The normalized spacial score (nSPS) is 27.9. The topological polar surface area (TPSA) is 222 Å². The number of aliphatic carboxylic acids is 1. The highest BCUT2D eigenvalue weighted by Gasteiger charge is 2.66. The zero-order chi connectivity index (χ0) is 28.8. The number of esters is 1. The Morgan fingerprint density at radius 2 is 1.87 bits per heavy atom. The zero-order valence-electron chi connectivity index (χ0n) is 20.7. The molecule has 13 heteroatoms. The van der Waals surface area contributed by atoms with Crippen LogP contribution in [-0.4, -0.2) is 78.2 Å². The molecule has 0 unspecified atom stereocenters. The number of Topliss-reactive ketones (excluding diaryl/α,β-unsaturated/α-hetero) is 2. The number of nitrogens with two attached hydrogens (primary N) is 1. The second-order valence-corrected chi connectivity index (χ2v) is 10.8. The van der Waals surface area contributed by atoms with E-state index in [-0.39, 0.29) is 11.3 Å². The molecule has 1 aromatic carbocycles. The van der Waals surface area contributed by atoms with Crippen molar-refractivity contribution in [1.29, 1.82) is 0 Å². The van der Waals surface area contributed by atoms with E-state index in [1.165, 1.54) is 23.9 Å². The van der Waals surface area contributed by atoms with Gasteiger partial charge in [0.25, 0.3) is 5.91 Å². The van der Waals surface area contributed by atoms with Crippen molar-refractivity contribution in [3.63, 3.8) is 0 Å². The molecule has 1 fully saturated rings. The summed E-state index contributed by atoms with van der Waals surface area (Å²) in [5, 5.41) is 53.6. The van der Waals surface area contributed by atoms with Crippen molar-refractivity contribution in [2.24, 2.45) is 17.6 Å². The van der Waals surface area contributed by atoms with Crippen LogP contribution in [0.4, 0.5) is 0 Å². The van der Waals surface area contributed by atoms with Gasteiger partial charge >= 0.3 is 11.9 Å². The van der Waals surface area contributed by atoms with Crippen molar-refractivity contribution in [3.05, 3.63) is 46.2 Å². The number of aromatic hydroxyl groups is 1. The molecule has 0 bridgehead atoms. The average molecular weight is 562 g/mol. The molecule has 0 saturated heterocycles. The monoisotopic (exact) mass is 561 g/mol. The molecule has 3 aliphatic carbocycles. The quantitative estimate of drug-likeness (QED) is 0.114. The van der Waals surface area contributed by atoms with Gasteiger partial charge in [-0.3, -0.25) is 24.0 Å². The number of carbonyl (C=O) groups is 5. The number of aliphatic hydroxyl groups is 3. The number of benzene rings is 1.